The SMILES string of the molecule is C=CCOP(=O)(CS(=O)(=O)OCC=C)OCC=C. The Hall–Kier alpha value is -0.720. The van der Waals surface area contributed by atoms with Gasteiger partial charge in [0.2, 0.25) is 0 Å². The van der Waals surface area contributed by atoms with Crippen LogP contribution in [0.4, 0.5) is 0 Å². The summed E-state index contributed by atoms with van der Waals surface area (Å²) in [6.07, 6.45) is 3.93. The molecule has 0 aliphatic rings. The molecule has 0 saturated heterocycles. The highest BCUT2D eigenvalue weighted by molar-refractivity contribution is 7.93. The highest BCUT2D eigenvalue weighted by Crippen LogP contribution is 2.49. The maximum Gasteiger partial charge on any atom is 0.348 e. The Balaban J connectivity index is 4.75. The zero-order valence-corrected chi connectivity index (χ0v) is 11.7. The van der Waals surface area contributed by atoms with Crippen LogP contribution >= 0.6 is 7.60 Å². The van der Waals surface area contributed by atoms with Crippen LogP contribution in [0.1, 0.15) is 0 Å². The molecule has 0 aliphatic carbocycles. The first-order chi connectivity index (χ1) is 8.39. The van der Waals surface area contributed by atoms with E-state index in [2.05, 4.69) is 23.9 Å². The van der Waals surface area contributed by atoms with E-state index in [9.17, 15) is 13.0 Å². The predicted molar refractivity (Wildman–Crippen MR) is 69.8 cm³/mol. The summed E-state index contributed by atoms with van der Waals surface area (Å²) in [5.74, 6) is 0. The van der Waals surface area contributed by atoms with Crippen LogP contribution in [0.3, 0.4) is 0 Å². The third-order valence-corrected chi connectivity index (χ3v) is 5.57. The molecule has 0 saturated carbocycles. The molecule has 0 fully saturated rings. The van der Waals surface area contributed by atoms with Gasteiger partial charge in [-0.25, -0.2) is 0 Å². The van der Waals surface area contributed by atoms with Gasteiger partial charge in [0.15, 0.2) is 5.49 Å². The molecule has 0 amide bonds. The van der Waals surface area contributed by atoms with Crippen molar-refractivity contribution in [3.63, 3.8) is 0 Å². The average Bonchev–Trinajstić information content (AvgIpc) is 2.31. The first-order valence-corrected chi connectivity index (χ1v) is 8.27. The fourth-order valence-electron chi connectivity index (χ4n) is 0.827. The van der Waals surface area contributed by atoms with Crippen molar-refractivity contribution in [2.45, 2.75) is 0 Å². The van der Waals surface area contributed by atoms with E-state index >= 15 is 0 Å². The van der Waals surface area contributed by atoms with Gasteiger partial charge in [0.1, 0.15) is 0 Å². The van der Waals surface area contributed by atoms with E-state index in [1.807, 2.05) is 0 Å². The van der Waals surface area contributed by atoms with E-state index in [1.165, 1.54) is 18.2 Å². The van der Waals surface area contributed by atoms with Gasteiger partial charge >= 0.3 is 7.60 Å². The van der Waals surface area contributed by atoms with Crippen LogP contribution in [0, 0.1) is 0 Å². The van der Waals surface area contributed by atoms with Gasteiger partial charge in [0, 0.05) is 0 Å². The van der Waals surface area contributed by atoms with Crippen molar-refractivity contribution < 1.29 is 26.2 Å². The smallest absolute Gasteiger partial charge is 0.304 e. The van der Waals surface area contributed by atoms with Crippen LogP contribution in [-0.2, 0) is 27.9 Å². The molecule has 6 nitrogen and oxygen atoms in total. The standard InChI is InChI=1S/C10H17O6PS/c1-4-7-14-17(11,15-8-5-2)10-18(12,13)16-9-6-3/h4-6H,1-3,7-10H2. The van der Waals surface area contributed by atoms with Crippen LogP contribution in [0.5, 0.6) is 0 Å². The van der Waals surface area contributed by atoms with E-state index in [0.717, 1.165) is 0 Å². The molecule has 0 radical (unpaired) electrons. The Bertz CT molecular complexity index is 412. The molecule has 0 atom stereocenters. The Morgan fingerprint density at radius 1 is 0.944 bits per heavy atom. The molecule has 0 rings (SSSR count). The van der Waals surface area contributed by atoms with Crippen LogP contribution in [-0.4, -0.2) is 33.7 Å². The first-order valence-electron chi connectivity index (χ1n) is 4.97. The largest absolute Gasteiger partial charge is 0.348 e. The monoisotopic (exact) mass is 296 g/mol. The minimum Gasteiger partial charge on any atom is -0.304 e. The molecule has 0 aromatic rings. The van der Waals surface area contributed by atoms with Gasteiger partial charge in [-0.05, 0) is 0 Å². The second-order valence-electron chi connectivity index (χ2n) is 3.04. The Morgan fingerprint density at radius 3 is 1.78 bits per heavy atom. The molecule has 18 heavy (non-hydrogen) atoms. The second kappa shape index (κ2) is 8.39. The van der Waals surface area contributed by atoms with Crippen molar-refractivity contribution in [3.05, 3.63) is 38.0 Å². The summed E-state index contributed by atoms with van der Waals surface area (Å²) < 4.78 is 49.3. The normalized spacial score (nSPS) is 12.0. The summed E-state index contributed by atoms with van der Waals surface area (Å²) in [6.45, 7) is 9.67. The summed E-state index contributed by atoms with van der Waals surface area (Å²) in [6, 6.07) is 0. The lowest BCUT2D eigenvalue weighted by Crippen LogP contribution is -2.14. The summed E-state index contributed by atoms with van der Waals surface area (Å²) in [5.41, 5.74) is -0.866. The molecule has 0 aromatic heterocycles. The Labute approximate surface area is 108 Å². The molecule has 0 unspecified atom stereocenters. The molecule has 0 aromatic carbocycles. The molecule has 0 N–H and O–H groups in total. The minimum absolute atomic E-state index is 0.0919. The molecule has 0 bridgehead atoms. The number of hydrogen-bond donors (Lipinski definition) is 0. The van der Waals surface area contributed by atoms with Crippen LogP contribution in [0.15, 0.2) is 38.0 Å². The van der Waals surface area contributed by atoms with Gasteiger partial charge in [-0.15, -0.1) is 19.7 Å². The lowest BCUT2D eigenvalue weighted by Gasteiger charge is -2.16. The van der Waals surface area contributed by atoms with Crippen LogP contribution < -0.4 is 0 Å². The zero-order chi connectivity index (χ0) is 14.1. The van der Waals surface area contributed by atoms with Gasteiger partial charge in [-0.1, -0.05) is 18.2 Å². The third kappa shape index (κ3) is 7.58. The van der Waals surface area contributed by atoms with Crippen molar-refractivity contribution >= 4 is 17.7 Å². The minimum atomic E-state index is -4.02. The fourth-order valence-corrected chi connectivity index (χ4v) is 4.31. The third-order valence-electron chi connectivity index (χ3n) is 1.46. The molecule has 8 heteroatoms. The van der Waals surface area contributed by atoms with Gasteiger partial charge in [0.25, 0.3) is 10.1 Å². The quantitative estimate of drug-likeness (QED) is 0.330. The fraction of sp³-hybridized carbons (Fsp3) is 0.400. The van der Waals surface area contributed by atoms with Crippen LogP contribution in [0.2, 0.25) is 0 Å². The average molecular weight is 296 g/mol. The topological polar surface area (TPSA) is 78.9 Å². The van der Waals surface area contributed by atoms with Gasteiger partial charge in [0.05, 0.1) is 19.8 Å². The molecule has 0 heterocycles. The Kier molecular flexibility index (Phi) is 8.06. The maximum atomic E-state index is 12.1. The maximum absolute atomic E-state index is 12.1. The van der Waals surface area contributed by atoms with E-state index in [1.54, 1.807) is 0 Å². The van der Waals surface area contributed by atoms with Crippen molar-refractivity contribution in [1.82, 2.24) is 0 Å². The highest BCUT2D eigenvalue weighted by atomic mass is 32.2. The molecule has 0 aliphatic heterocycles. The van der Waals surface area contributed by atoms with E-state index in [-0.39, 0.29) is 19.8 Å². The molecule has 104 valence electrons. The molecular formula is C10H17O6PS. The molecule has 0 spiro atoms. The predicted octanol–water partition coefficient (Wildman–Crippen LogP) is 2.07. The van der Waals surface area contributed by atoms with E-state index in [4.69, 9.17) is 9.05 Å². The lowest BCUT2D eigenvalue weighted by molar-refractivity contribution is 0.239. The van der Waals surface area contributed by atoms with Crippen molar-refractivity contribution in [1.29, 1.82) is 0 Å². The zero-order valence-electron chi connectivity index (χ0n) is 9.99. The highest BCUT2D eigenvalue weighted by Gasteiger charge is 2.32. The van der Waals surface area contributed by atoms with E-state index in [0.29, 0.717) is 0 Å². The Morgan fingerprint density at radius 2 is 1.39 bits per heavy atom. The molecular weight excluding hydrogens is 279 g/mol. The second-order valence-corrected chi connectivity index (χ2v) is 7.16. The number of rotatable bonds is 11. The van der Waals surface area contributed by atoms with E-state index < -0.39 is 23.2 Å². The van der Waals surface area contributed by atoms with Crippen molar-refractivity contribution in [2.75, 3.05) is 25.3 Å². The van der Waals surface area contributed by atoms with Gasteiger partial charge < -0.3 is 9.05 Å². The van der Waals surface area contributed by atoms with Crippen LogP contribution in [0.25, 0.3) is 0 Å². The summed E-state index contributed by atoms with van der Waals surface area (Å²) in [4.78, 5) is 0. The van der Waals surface area contributed by atoms with Gasteiger partial charge in [-0.3, -0.25) is 8.75 Å². The van der Waals surface area contributed by atoms with Gasteiger partial charge in [-0.2, -0.15) is 8.42 Å². The lowest BCUT2D eigenvalue weighted by atomic mass is 10.7. The first kappa shape index (κ1) is 17.3. The summed E-state index contributed by atoms with van der Waals surface area (Å²) >= 11 is 0. The van der Waals surface area contributed by atoms with Crippen molar-refractivity contribution in [2.24, 2.45) is 0 Å². The number of hydrogen-bond acceptors (Lipinski definition) is 6. The summed E-state index contributed by atoms with van der Waals surface area (Å²) in [7, 11) is -7.82. The van der Waals surface area contributed by atoms with Crippen molar-refractivity contribution in [3.8, 4) is 0 Å². The summed E-state index contributed by atoms with van der Waals surface area (Å²) in [5, 5.41) is 0.